The lowest BCUT2D eigenvalue weighted by atomic mass is 10.00. The van der Waals surface area contributed by atoms with Gasteiger partial charge in [-0.15, -0.1) is 11.3 Å². The van der Waals surface area contributed by atoms with Gasteiger partial charge in [0.15, 0.2) is 12.1 Å². The van der Waals surface area contributed by atoms with Gasteiger partial charge in [0.1, 0.15) is 5.82 Å². The Morgan fingerprint density at radius 1 is 1.03 bits per heavy atom. The second-order valence-electron chi connectivity index (χ2n) is 8.92. The third kappa shape index (κ3) is 6.29. The van der Waals surface area contributed by atoms with Gasteiger partial charge in [-0.1, -0.05) is 36.4 Å². The molecule has 2 unspecified atom stereocenters. The summed E-state index contributed by atoms with van der Waals surface area (Å²) >= 11 is 1.34. The molecule has 5 rings (SSSR count). The maximum atomic E-state index is 13.8. The number of cyclic esters (lactones) is 1. The number of amides is 3. The van der Waals surface area contributed by atoms with Crippen LogP contribution in [-0.4, -0.2) is 40.4 Å². The number of anilines is 1. The smallest absolute Gasteiger partial charge is 0.411 e. The SMILES string of the molecule is O=C(Nc1ccc(C2OC(=O)N(Cc3cccc(F)c3)C2C(=O)NCCc2ccccn2)cc1)c1cccs1. The molecule has 0 saturated carbocycles. The number of pyridine rings is 1. The standard InChI is InChI=1S/C29H25FN4O4S/c30-21-6-3-5-19(17-21)18-34-25(28(36)32-15-13-22-7-1-2-14-31-22)26(38-29(34)37)20-9-11-23(12-10-20)33-27(35)24-8-4-16-39-24/h1-12,14,16-17,25-26H,13,15,18H2,(H,32,36)(H,33,35). The molecule has 0 spiro atoms. The number of thiophene rings is 1. The summed E-state index contributed by atoms with van der Waals surface area (Å²) in [6.07, 6.45) is 0.623. The minimum atomic E-state index is -0.990. The van der Waals surface area contributed by atoms with E-state index in [9.17, 15) is 18.8 Å². The number of rotatable bonds is 9. The van der Waals surface area contributed by atoms with Gasteiger partial charge in [-0.2, -0.15) is 0 Å². The highest BCUT2D eigenvalue weighted by molar-refractivity contribution is 7.12. The van der Waals surface area contributed by atoms with Gasteiger partial charge in [0.2, 0.25) is 5.91 Å². The lowest BCUT2D eigenvalue weighted by Gasteiger charge is -2.24. The molecular formula is C29H25FN4O4S. The van der Waals surface area contributed by atoms with Crippen molar-refractivity contribution in [1.82, 2.24) is 15.2 Å². The highest BCUT2D eigenvalue weighted by Gasteiger charge is 2.46. The number of nitrogens with zero attached hydrogens (tertiary/aromatic N) is 2. The molecule has 4 aromatic rings. The molecule has 0 bridgehead atoms. The predicted molar refractivity (Wildman–Crippen MR) is 145 cm³/mol. The molecule has 2 atom stereocenters. The Kier molecular flexibility index (Phi) is 7.93. The van der Waals surface area contributed by atoms with Crippen molar-refractivity contribution in [3.63, 3.8) is 0 Å². The predicted octanol–water partition coefficient (Wildman–Crippen LogP) is 4.96. The number of carbonyl (C=O) groups excluding carboxylic acids is 3. The monoisotopic (exact) mass is 544 g/mol. The topological polar surface area (TPSA) is 101 Å². The fourth-order valence-electron chi connectivity index (χ4n) is 4.36. The van der Waals surface area contributed by atoms with Crippen LogP contribution in [0.25, 0.3) is 0 Å². The molecule has 1 fully saturated rings. The number of halogens is 1. The Balaban J connectivity index is 1.34. The van der Waals surface area contributed by atoms with E-state index in [1.54, 1.807) is 54.7 Å². The van der Waals surface area contributed by atoms with Gasteiger partial charge in [-0.3, -0.25) is 19.5 Å². The number of hydrogen-bond donors (Lipinski definition) is 2. The van der Waals surface area contributed by atoms with Crippen LogP contribution in [0.1, 0.15) is 32.6 Å². The van der Waals surface area contributed by atoms with Crippen LogP contribution in [0.2, 0.25) is 0 Å². The van der Waals surface area contributed by atoms with Crippen LogP contribution in [0, 0.1) is 5.82 Å². The zero-order valence-corrected chi connectivity index (χ0v) is 21.6. The van der Waals surface area contributed by atoms with Gasteiger partial charge in [0, 0.05) is 30.5 Å². The molecule has 198 valence electrons. The number of ether oxygens (including phenoxy) is 1. The lowest BCUT2D eigenvalue weighted by Crippen LogP contribution is -2.46. The summed E-state index contributed by atoms with van der Waals surface area (Å²) in [6, 6.07) is 20.8. The molecule has 1 aliphatic rings. The van der Waals surface area contributed by atoms with Gasteiger partial charge >= 0.3 is 6.09 Å². The van der Waals surface area contributed by atoms with Crippen molar-refractivity contribution in [2.24, 2.45) is 0 Å². The molecule has 0 aliphatic carbocycles. The molecular weight excluding hydrogens is 519 g/mol. The number of aromatic nitrogens is 1. The number of nitrogens with one attached hydrogen (secondary N) is 2. The van der Waals surface area contributed by atoms with Crippen LogP contribution in [0.15, 0.2) is 90.4 Å². The normalized spacial score (nSPS) is 16.5. The molecule has 1 saturated heterocycles. The maximum Gasteiger partial charge on any atom is 0.411 e. The van der Waals surface area contributed by atoms with E-state index in [0.717, 1.165) is 5.69 Å². The van der Waals surface area contributed by atoms with Crippen molar-refractivity contribution in [3.05, 3.63) is 118 Å². The first kappa shape index (κ1) is 26.1. The van der Waals surface area contributed by atoms with Crippen LogP contribution in [0.4, 0.5) is 14.9 Å². The Morgan fingerprint density at radius 3 is 2.59 bits per heavy atom. The Bertz CT molecular complexity index is 1450. The molecule has 10 heteroatoms. The van der Waals surface area contributed by atoms with Crippen molar-refractivity contribution >= 4 is 34.9 Å². The first-order valence-corrected chi connectivity index (χ1v) is 13.2. The molecule has 3 heterocycles. The van der Waals surface area contributed by atoms with Crippen LogP contribution >= 0.6 is 11.3 Å². The van der Waals surface area contributed by atoms with E-state index in [1.165, 1.54) is 28.4 Å². The third-order valence-corrected chi connectivity index (χ3v) is 7.11. The average molecular weight is 545 g/mol. The fraction of sp³-hybridized carbons (Fsp3) is 0.172. The van der Waals surface area contributed by atoms with Crippen molar-refractivity contribution < 1.29 is 23.5 Å². The molecule has 2 aromatic heterocycles. The molecule has 3 amide bonds. The van der Waals surface area contributed by atoms with E-state index in [2.05, 4.69) is 15.6 Å². The number of benzene rings is 2. The third-order valence-electron chi connectivity index (χ3n) is 6.24. The van der Waals surface area contributed by atoms with E-state index in [1.807, 2.05) is 23.6 Å². The van der Waals surface area contributed by atoms with Gasteiger partial charge in [-0.05, 0) is 59.0 Å². The minimum absolute atomic E-state index is 0.000373. The molecule has 39 heavy (non-hydrogen) atoms. The van der Waals surface area contributed by atoms with Gasteiger partial charge < -0.3 is 15.4 Å². The minimum Gasteiger partial charge on any atom is -0.438 e. The van der Waals surface area contributed by atoms with E-state index in [-0.39, 0.29) is 12.5 Å². The van der Waals surface area contributed by atoms with Crippen LogP contribution in [0.3, 0.4) is 0 Å². The summed E-state index contributed by atoms with van der Waals surface area (Å²) in [5.41, 5.74) is 2.51. The molecule has 1 aliphatic heterocycles. The molecule has 0 radical (unpaired) electrons. The molecule has 2 aromatic carbocycles. The largest absolute Gasteiger partial charge is 0.438 e. The highest BCUT2D eigenvalue weighted by Crippen LogP contribution is 2.34. The lowest BCUT2D eigenvalue weighted by molar-refractivity contribution is -0.126. The maximum absolute atomic E-state index is 13.8. The van der Waals surface area contributed by atoms with Crippen molar-refractivity contribution in [2.45, 2.75) is 25.1 Å². The second kappa shape index (κ2) is 11.9. The van der Waals surface area contributed by atoms with Crippen LogP contribution in [0.5, 0.6) is 0 Å². The zero-order valence-electron chi connectivity index (χ0n) is 20.7. The summed E-state index contributed by atoms with van der Waals surface area (Å²) in [4.78, 5) is 44.9. The quantitative estimate of drug-likeness (QED) is 0.310. The summed E-state index contributed by atoms with van der Waals surface area (Å²) < 4.78 is 19.5. The molecule has 2 N–H and O–H groups in total. The zero-order chi connectivity index (χ0) is 27.2. The van der Waals surface area contributed by atoms with Crippen LogP contribution in [-0.2, 0) is 22.5 Å². The first-order chi connectivity index (χ1) is 19.0. The van der Waals surface area contributed by atoms with Crippen molar-refractivity contribution in [1.29, 1.82) is 0 Å². The number of carbonyl (C=O) groups is 3. The Hall–Kier alpha value is -4.57. The van der Waals surface area contributed by atoms with Crippen molar-refractivity contribution in [3.8, 4) is 0 Å². The van der Waals surface area contributed by atoms with E-state index < -0.39 is 30.0 Å². The average Bonchev–Trinajstić information content (AvgIpc) is 3.59. The van der Waals surface area contributed by atoms with E-state index in [4.69, 9.17) is 4.74 Å². The first-order valence-electron chi connectivity index (χ1n) is 12.3. The van der Waals surface area contributed by atoms with Gasteiger partial charge in [-0.25, -0.2) is 9.18 Å². The van der Waals surface area contributed by atoms with E-state index in [0.29, 0.717) is 34.7 Å². The van der Waals surface area contributed by atoms with Crippen LogP contribution < -0.4 is 10.6 Å². The second-order valence-corrected chi connectivity index (χ2v) is 9.87. The molecule has 8 nitrogen and oxygen atoms in total. The van der Waals surface area contributed by atoms with Gasteiger partial charge in [0.25, 0.3) is 5.91 Å². The fourth-order valence-corrected chi connectivity index (χ4v) is 4.98. The summed E-state index contributed by atoms with van der Waals surface area (Å²) in [5.74, 6) is -1.06. The Morgan fingerprint density at radius 2 is 1.87 bits per heavy atom. The van der Waals surface area contributed by atoms with E-state index >= 15 is 0 Å². The summed E-state index contributed by atoms with van der Waals surface area (Å²) in [5, 5.41) is 7.54. The van der Waals surface area contributed by atoms with Gasteiger partial charge in [0.05, 0.1) is 11.4 Å². The Labute approximate surface area is 228 Å². The summed E-state index contributed by atoms with van der Waals surface area (Å²) in [7, 11) is 0. The summed E-state index contributed by atoms with van der Waals surface area (Å²) in [6.45, 7) is 0.315. The van der Waals surface area contributed by atoms with Crippen molar-refractivity contribution in [2.75, 3.05) is 11.9 Å². The highest BCUT2D eigenvalue weighted by atomic mass is 32.1. The number of hydrogen-bond acceptors (Lipinski definition) is 6.